The number of hydrogen-bond donors (Lipinski definition) is 2. The minimum atomic E-state index is -3.92. The maximum atomic E-state index is 12.8. The molecular weight excluding hydrogens is 391 g/mol. The van der Waals surface area contributed by atoms with Gasteiger partial charge in [0.05, 0.1) is 11.3 Å². The summed E-state index contributed by atoms with van der Waals surface area (Å²) in [6, 6.07) is 10.2. The highest BCUT2D eigenvalue weighted by atomic mass is 32.2. The van der Waals surface area contributed by atoms with Crippen molar-refractivity contribution in [2.75, 3.05) is 11.9 Å². The van der Waals surface area contributed by atoms with E-state index in [1.54, 1.807) is 0 Å². The molecule has 2 aromatic carbocycles. The summed E-state index contributed by atoms with van der Waals surface area (Å²) in [5.41, 5.74) is 0.431. The fourth-order valence-electron chi connectivity index (χ4n) is 2.16. The Bertz CT molecular complexity index is 989. The first kappa shape index (κ1) is 21.2. The summed E-state index contributed by atoms with van der Waals surface area (Å²) in [6.07, 6.45) is -0.396. The molecule has 2 rings (SSSR count). The van der Waals surface area contributed by atoms with Crippen LogP contribution < -0.4 is 10.5 Å². The first-order valence-electron chi connectivity index (χ1n) is 8.02. The van der Waals surface area contributed by atoms with Gasteiger partial charge in [0.2, 0.25) is 10.0 Å². The molecular formula is C18H17FN2O6S. The van der Waals surface area contributed by atoms with Crippen LogP contribution in [-0.4, -0.2) is 32.7 Å². The molecule has 148 valence electrons. The third kappa shape index (κ3) is 6.56. The second-order valence-electron chi connectivity index (χ2n) is 5.71. The van der Waals surface area contributed by atoms with Crippen LogP contribution in [0.5, 0.6) is 0 Å². The zero-order chi connectivity index (χ0) is 20.7. The summed E-state index contributed by atoms with van der Waals surface area (Å²) in [5.74, 6) is -2.29. The summed E-state index contributed by atoms with van der Waals surface area (Å²) in [5, 5.41) is 7.37. The van der Waals surface area contributed by atoms with Crippen LogP contribution in [0, 0.1) is 5.82 Å². The van der Waals surface area contributed by atoms with Gasteiger partial charge in [0.15, 0.2) is 12.4 Å². The van der Waals surface area contributed by atoms with Crippen molar-refractivity contribution in [2.45, 2.75) is 17.7 Å². The molecule has 2 aromatic rings. The minimum absolute atomic E-state index is 0.150. The third-order valence-electron chi connectivity index (χ3n) is 3.53. The fourth-order valence-corrected chi connectivity index (χ4v) is 2.72. The molecule has 0 bridgehead atoms. The number of nitrogens with one attached hydrogen (secondary N) is 1. The van der Waals surface area contributed by atoms with Crippen LogP contribution >= 0.6 is 0 Å². The number of carbonyl (C=O) groups excluding carboxylic acids is 3. The second kappa shape index (κ2) is 9.20. The first-order valence-corrected chi connectivity index (χ1v) is 9.57. The number of benzene rings is 2. The fraction of sp³-hybridized carbons (Fsp3) is 0.167. The van der Waals surface area contributed by atoms with Crippen molar-refractivity contribution in [3.8, 4) is 0 Å². The Morgan fingerprint density at radius 3 is 2.36 bits per heavy atom. The zero-order valence-electron chi connectivity index (χ0n) is 14.6. The van der Waals surface area contributed by atoms with Gasteiger partial charge in [-0.2, -0.15) is 0 Å². The Labute approximate surface area is 160 Å². The maximum absolute atomic E-state index is 12.8. The van der Waals surface area contributed by atoms with Gasteiger partial charge >= 0.3 is 5.97 Å². The van der Waals surface area contributed by atoms with E-state index in [1.165, 1.54) is 30.3 Å². The average Bonchev–Trinajstić information content (AvgIpc) is 2.64. The standard InChI is InChI=1S/C18H17FN2O6S/c19-13-6-4-12(5-7-13)16(22)8-9-18(24)27-11-17(23)21-14-2-1-3-15(10-14)28(20,25)26/h1-7,10H,8-9,11H2,(H,21,23)(H2,20,25,26). The molecule has 0 unspecified atom stereocenters. The van der Waals surface area contributed by atoms with Crippen LogP contribution in [0.1, 0.15) is 23.2 Å². The van der Waals surface area contributed by atoms with Crippen molar-refractivity contribution >= 4 is 33.4 Å². The van der Waals surface area contributed by atoms with Gasteiger partial charge in [0.25, 0.3) is 5.91 Å². The third-order valence-corrected chi connectivity index (χ3v) is 4.44. The van der Waals surface area contributed by atoms with Crippen LogP contribution in [0.2, 0.25) is 0 Å². The normalized spacial score (nSPS) is 10.9. The summed E-state index contributed by atoms with van der Waals surface area (Å²) in [4.78, 5) is 35.2. The van der Waals surface area contributed by atoms with E-state index in [4.69, 9.17) is 9.88 Å². The van der Waals surface area contributed by atoms with Crippen LogP contribution in [0.25, 0.3) is 0 Å². The molecule has 0 aliphatic rings. The van der Waals surface area contributed by atoms with Crippen molar-refractivity contribution in [1.29, 1.82) is 0 Å². The molecule has 0 spiro atoms. The van der Waals surface area contributed by atoms with Gasteiger partial charge in [0.1, 0.15) is 5.82 Å². The highest BCUT2D eigenvalue weighted by Crippen LogP contribution is 2.14. The van der Waals surface area contributed by atoms with Gasteiger partial charge in [-0.3, -0.25) is 14.4 Å². The number of ketones is 1. The largest absolute Gasteiger partial charge is 0.456 e. The lowest BCUT2D eigenvalue weighted by Gasteiger charge is -2.07. The Balaban J connectivity index is 1.78. The zero-order valence-corrected chi connectivity index (χ0v) is 15.4. The Kier molecular flexibility index (Phi) is 6.96. The van der Waals surface area contributed by atoms with Crippen LogP contribution in [0.15, 0.2) is 53.4 Å². The van der Waals surface area contributed by atoms with Crippen LogP contribution in [0.4, 0.5) is 10.1 Å². The van der Waals surface area contributed by atoms with Crippen LogP contribution in [-0.2, 0) is 24.3 Å². The van der Waals surface area contributed by atoms with E-state index in [9.17, 15) is 27.2 Å². The number of sulfonamides is 1. The molecule has 3 N–H and O–H groups in total. The number of Topliss-reactive ketones (excluding diaryl/α,β-unsaturated/α-hetero) is 1. The van der Waals surface area contributed by atoms with Gasteiger partial charge in [-0.05, 0) is 42.5 Å². The summed E-state index contributed by atoms with van der Waals surface area (Å²) in [7, 11) is -3.92. The van der Waals surface area contributed by atoms with Gasteiger partial charge in [0, 0.05) is 17.7 Å². The second-order valence-corrected chi connectivity index (χ2v) is 7.27. The predicted octanol–water partition coefficient (Wildman–Crippen LogP) is 1.62. The molecule has 0 atom stereocenters. The molecule has 0 radical (unpaired) electrons. The number of halogens is 1. The number of primary sulfonamides is 1. The molecule has 0 saturated heterocycles. The minimum Gasteiger partial charge on any atom is -0.456 e. The topological polar surface area (TPSA) is 133 Å². The van der Waals surface area contributed by atoms with Crippen molar-refractivity contribution < 1.29 is 31.9 Å². The Hall–Kier alpha value is -3.11. The number of rotatable bonds is 8. The number of amides is 1. The van der Waals surface area contributed by atoms with Crippen molar-refractivity contribution in [3.63, 3.8) is 0 Å². The number of ether oxygens (including phenoxy) is 1. The molecule has 0 aliphatic carbocycles. The van der Waals surface area contributed by atoms with E-state index in [0.29, 0.717) is 0 Å². The molecule has 0 heterocycles. The molecule has 8 nitrogen and oxygen atoms in total. The molecule has 10 heteroatoms. The molecule has 1 amide bonds. The molecule has 0 aromatic heterocycles. The Morgan fingerprint density at radius 2 is 1.71 bits per heavy atom. The number of nitrogens with two attached hydrogens (primary N) is 1. The number of esters is 1. The van der Waals surface area contributed by atoms with Gasteiger partial charge in [-0.25, -0.2) is 17.9 Å². The quantitative estimate of drug-likeness (QED) is 0.504. The van der Waals surface area contributed by atoms with Crippen molar-refractivity contribution in [2.24, 2.45) is 5.14 Å². The van der Waals surface area contributed by atoms with Crippen molar-refractivity contribution in [3.05, 3.63) is 59.9 Å². The summed E-state index contributed by atoms with van der Waals surface area (Å²) < 4.78 is 40.2. The average molecular weight is 408 g/mol. The lowest BCUT2D eigenvalue weighted by Crippen LogP contribution is -2.21. The number of carbonyl (C=O) groups is 3. The van der Waals surface area contributed by atoms with E-state index in [-0.39, 0.29) is 34.8 Å². The van der Waals surface area contributed by atoms with Crippen molar-refractivity contribution in [1.82, 2.24) is 0 Å². The van der Waals surface area contributed by atoms with E-state index in [0.717, 1.165) is 18.2 Å². The molecule has 0 aliphatic heterocycles. The first-order chi connectivity index (χ1) is 13.1. The van der Waals surface area contributed by atoms with E-state index in [1.807, 2.05) is 0 Å². The maximum Gasteiger partial charge on any atom is 0.306 e. The molecule has 0 saturated carbocycles. The molecule has 0 fully saturated rings. The van der Waals surface area contributed by atoms with E-state index in [2.05, 4.69) is 5.32 Å². The monoisotopic (exact) mass is 408 g/mol. The molecule has 28 heavy (non-hydrogen) atoms. The van der Waals surface area contributed by atoms with Crippen LogP contribution in [0.3, 0.4) is 0 Å². The van der Waals surface area contributed by atoms with Gasteiger partial charge < -0.3 is 10.1 Å². The smallest absolute Gasteiger partial charge is 0.306 e. The van der Waals surface area contributed by atoms with E-state index >= 15 is 0 Å². The predicted molar refractivity (Wildman–Crippen MR) is 97.4 cm³/mol. The highest BCUT2D eigenvalue weighted by Gasteiger charge is 2.13. The lowest BCUT2D eigenvalue weighted by molar-refractivity contribution is -0.147. The van der Waals surface area contributed by atoms with E-state index < -0.39 is 34.3 Å². The summed E-state index contributed by atoms with van der Waals surface area (Å²) >= 11 is 0. The lowest BCUT2D eigenvalue weighted by atomic mass is 10.1. The highest BCUT2D eigenvalue weighted by molar-refractivity contribution is 7.89. The number of hydrogen-bond acceptors (Lipinski definition) is 6. The number of anilines is 1. The summed E-state index contributed by atoms with van der Waals surface area (Å²) in [6.45, 7) is -0.608. The van der Waals surface area contributed by atoms with Gasteiger partial charge in [-0.15, -0.1) is 0 Å². The SMILES string of the molecule is NS(=O)(=O)c1cccc(NC(=O)COC(=O)CCC(=O)c2ccc(F)cc2)c1. The van der Waals surface area contributed by atoms with Gasteiger partial charge in [-0.1, -0.05) is 6.07 Å². The Morgan fingerprint density at radius 1 is 1.04 bits per heavy atom.